The normalized spacial score (nSPS) is 19.9. The Kier molecular flexibility index (Phi) is 5.23. The molecule has 0 spiro atoms. The summed E-state index contributed by atoms with van der Waals surface area (Å²) < 4.78 is 42.6. The molecule has 36 heavy (non-hydrogen) atoms. The van der Waals surface area contributed by atoms with Gasteiger partial charge in [-0.05, 0) is 64.3 Å². The highest BCUT2D eigenvalue weighted by Gasteiger charge is 2.52. The number of carbonyl (C=O) groups excluding carboxylic acids is 1. The van der Waals surface area contributed by atoms with Crippen molar-refractivity contribution in [1.29, 1.82) is 0 Å². The van der Waals surface area contributed by atoms with Crippen molar-refractivity contribution in [3.8, 4) is 5.75 Å². The molecule has 10 heteroatoms. The van der Waals surface area contributed by atoms with E-state index in [4.69, 9.17) is 18.2 Å². The van der Waals surface area contributed by atoms with Gasteiger partial charge in [-0.1, -0.05) is 12.1 Å². The molecular weight excluding hydrogens is 457 g/mol. The zero-order valence-electron chi connectivity index (χ0n) is 24.2. The van der Waals surface area contributed by atoms with Crippen LogP contribution in [0.2, 0.25) is 0 Å². The van der Waals surface area contributed by atoms with Gasteiger partial charge in [0.1, 0.15) is 11.3 Å². The van der Waals surface area contributed by atoms with Crippen LogP contribution in [0.4, 0.5) is 11.6 Å². The molecule has 9 nitrogen and oxygen atoms in total. The third kappa shape index (κ3) is 4.63. The third-order valence-corrected chi connectivity index (χ3v) is 7.10. The molecule has 1 aromatic carbocycles. The van der Waals surface area contributed by atoms with Crippen LogP contribution in [0.1, 0.15) is 50.2 Å². The Bertz CT molecular complexity index is 1380. The number of carbonyl (C=O) groups is 1. The number of nitrogens with one attached hydrogen (secondary N) is 1. The van der Waals surface area contributed by atoms with Gasteiger partial charge in [0.05, 0.1) is 18.3 Å². The summed E-state index contributed by atoms with van der Waals surface area (Å²) in [4.78, 5) is 18.2. The fourth-order valence-electron chi connectivity index (χ4n) is 4.02. The van der Waals surface area contributed by atoms with Crippen LogP contribution < -0.4 is 20.4 Å². The van der Waals surface area contributed by atoms with E-state index in [1.165, 1.54) is 4.90 Å². The Hall–Kier alpha value is -3.24. The smallest absolute Gasteiger partial charge is 0.497 e. The van der Waals surface area contributed by atoms with Gasteiger partial charge in [0.15, 0.2) is 11.6 Å². The van der Waals surface area contributed by atoms with Crippen LogP contribution in [0.5, 0.6) is 5.75 Å². The number of methoxy groups -OCH3 is 1. The zero-order valence-corrected chi connectivity index (χ0v) is 21.2. The Balaban J connectivity index is 1.60. The first-order valence-electron chi connectivity index (χ1n) is 13.5. The summed E-state index contributed by atoms with van der Waals surface area (Å²) in [5.41, 5.74) is 0.366. The van der Waals surface area contributed by atoms with Gasteiger partial charge in [0.2, 0.25) is 5.91 Å². The molecule has 3 aromatic rings. The lowest BCUT2D eigenvalue weighted by molar-refractivity contribution is -0.117. The predicted octanol–water partition coefficient (Wildman–Crippen LogP) is 3.32. The molecule has 1 aliphatic carbocycles. The number of benzene rings is 1. The second-order valence-corrected chi connectivity index (χ2v) is 10.3. The second-order valence-electron chi connectivity index (χ2n) is 10.3. The highest BCUT2D eigenvalue weighted by Crippen LogP contribution is 2.37. The maximum atomic E-state index is 12.4. The van der Waals surface area contributed by atoms with E-state index in [-0.39, 0.29) is 35.5 Å². The van der Waals surface area contributed by atoms with Crippen molar-refractivity contribution >= 4 is 41.0 Å². The lowest BCUT2D eigenvalue weighted by atomic mass is 9.78. The predicted molar refractivity (Wildman–Crippen MR) is 140 cm³/mol. The summed E-state index contributed by atoms with van der Waals surface area (Å²) in [6, 6.07) is 8.83. The van der Waals surface area contributed by atoms with Gasteiger partial charge in [-0.3, -0.25) is 4.79 Å². The molecule has 188 valence electrons. The number of aromatic nitrogens is 3. The fraction of sp³-hybridized carbons (Fsp3) is 0.462. The Morgan fingerprint density at radius 1 is 1.19 bits per heavy atom. The topological polar surface area (TPSA) is 98.7 Å². The monoisotopic (exact) mass is 492 g/mol. The first-order chi connectivity index (χ1) is 18.3. The van der Waals surface area contributed by atoms with Crippen molar-refractivity contribution in [2.45, 2.75) is 58.3 Å². The molecule has 3 heterocycles. The van der Waals surface area contributed by atoms with E-state index in [0.717, 1.165) is 18.4 Å². The van der Waals surface area contributed by atoms with Crippen molar-refractivity contribution in [1.82, 2.24) is 15.2 Å². The molecule has 1 saturated carbocycles. The van der Waals surface area contributed by atoms with E-state index in [0.29, 0.717) is 16.6 Å². The largest absolute Gasteiger partial charge is 0.497 e. The Morgan fingerprint density at radius 3 is 2.50 bits per heavy atom. The molecule has 2 fully saturated rings. The number of anilines is 2. The molecule has 0 atom stereocenters. The second kappa shape index (κ2) is 9.01. The average Bonchev–Trinajstić information content (AvgIpc) is 3.68. The first-order valence-corrected chi connectivity index (χ1v) is 12.0. The van der Waals surface area contributed by atoms with Crippen molar-refractivity contribution in [2.75, 3.05) is 24.3 Å². The summed E-state index contributed by atoms with van der Waals surface area (Å²) >= 11 is 0. The van der Waals surface area contributed by atoms with Gasteiger partial charge in [-0.15, -0.1) is 10.2 Å². The number of hydrogen-bond donors (Lipinski definition) is 1. The number of rotatable bonds is 7. The van der Waals surface area contributed by atoms with E-state index in [1.54, 1.807) is 43.6 Å². The summed E-state index contributed by atoms with van der Waals surface area (Å²) in [5.74, 6) is 0.937. The standard InChI is InChI=1S/C26H32BN5O4/c1-25(2)26(3,4)36-27(35-25)20-14-28-23(32(5)15-16-7-11-18(34-6)12-8-16)22-19(20)13-21(30-31-22)29-24(33)17-9-10-17/h7-8,11-14,17H,9-10,15H2,1-6H3,(H,29,30,33)/i5D3. The van der Waals surface area contributed by atoms with Crippen molar-refractivity contribution in [3.63, 3.8) is 0 Å². The van der Waals surface area contributed by atoms with E-state index < -0.39 is 25.3 Å². The van der Waals surface area contributed by atoms with Crippen LogP contribution in [0.25, 0.3) is 10.9 Å². The number of ether oxygens (including phenoxy) is 1. The summed E-state index contributed by atoms with van der Waals surface area (Å²) in [6.07, 6.45) is 3.25. The van der Waals surface area contributed by atoms with Crippen LogP contribution >= 0.6 is 0 Å². The number of nitrogens with zero attached hydrogens (tertiary/aromatic N) is 4. The minimum atomic E-state index is -2.54. The van der Waals surface area contributed by atoms with Crippen molar-refractivity contribution in [3.05, 3.63) is 42.1 Å². The van der Waals surface area contributed by atoms with Crippen molar-refractivity contribution < 1.29 is 23.0 Å². The van der Waals surface area contributed by atoms with Crippen LogP contribution in [-0.2, 0) is 20.6 Å². The van der Waals surface area contributed by atoms with E-state index in [9.17, 15) is 4.79 Å². The quantitative estimate of drug-likeness (QED) is 0.502. The number of fused-ring (bicyclic) bond motifs is 1. The van der Waals surface area contributed by atoms with Crippen LogP contribution in [-0.4, -0.2) is 53.5 Å². The van der Waals surface area contributed by atoms with E-state index in [1.807, 2.05) is 27.7 Å². The van der Waals surface area contributed by atoms with Gasteiger partial charge in [0.25, 0.3) is 0 Å². The van der Waals surface area contributed by atoms with Gasteiger partial charge >= 0.3 is 7.12 Å². The third-order valence-electron chi connectivity index (χ3n) is 7.10. The molecule has 0 unspecified atom stereocenters. The molecule has 1 amide bonds. The Morgan fingerprint density at radius 2 is 1.89 bits per heavy atom. The molecule has 2 aliphatic rings. The van der Waals surface area contributed by atoms with Crippen LogP contribution in [0, 0.1) is 5.92 Å². The van der Waals surface area contributed by atoms with E-state index >= 15 is 0 Å². The summed E-state index contributed by atoms with van der Waals surface area (Å²) in [5, 5.41) is 11.9. The first kappa shape index (κ1) is 20.9. The molecule has 1 saturated heterocycles. The van der Waals surface area contributed by atoms with Gasteiger partial charge in [-0.25, -0.2) is 4.98 Å². The fourth-order valence-corrected chi connectivity index (χ4v) is 4.02. The minimum absolute atomic E-state index is 0.0198. The SMILES string of the molecule is [2H]C([2H])([2H])N(Cc1ccc(OC)cc1)c1ncc(B2OC(C)(C)C(C)(C)O2)c2cc(NC(=O)C3CC3)nnc12. The number of pyridine rings is 1. The molecule has 1 N–H and O–H groups in total. The van der Waals surface area contributed by atoms with Crippen LogP contribution in [0.15, 0.2) is 36.5 Å². The molecule has 0 bridgehead atoms. The lowest BCUT2D eigenvalue weighted by Crippen LogP contribution is -2.41. The summed E-state index contributed by atoms with van der Waals surface area (Å²) in [6.45, 7) is 5.30. The Labute approximate surface area is 215 Å². The maximum absolute atomic E-state index is 12.4. The number of hydrogen-bond acceptors (Lipinski definition) is 8. The number of amides is 1. The highest BCUT2D eigenvalue weighted by atomic mass is 16.7. The van der Waals surface area contributed by atoms with Gasteiger partial charge < -0.3 is 24.3 Å². The molecular formula is C26H32BN5O4. The zero-order chi connectivity index (χ0) is 28.2. The highest BCUT2D eigenvalue weighted by molar-refractivity contribution is 6.65. The lowest BCUT2D eigenvalue weighted by Gasteiger charge is -2.32. The van der Waals surface area contributed by atoms with E-state index in [2.05, 4.69) is 20.5 Å². The van der Waals surface area contributed by atoms with Crippen molar-refractivity contribution in [2.24, 2.45) is 5.92 Å². The molecule has 2 aromatic heterocycles. The molecule has 1 aliphatic heterocycles. The average molecular weight is 492 g/mol. The summed E-state index contributed by atoms with van der Waals surface area (Å²) in [7, 11) is 0.791. The minimum Gasteiger partial charge on any atom is -0.497 e. The molecule has 0 radical (unpaired) electrons. The molecule has 5 rings (SSSR count). The van der Waals surface area contributed by atoms with Crippen LogP contribution in [0.3, 0.4) is 0 Å². The van der Waals surface area contributed by atoms with Gasteiger partial charge in [0, 0.05) is 40.6 Å². The maximum Gasteiger partial charge on any atom is 0.497 e. The van der Waals surface area contributed by atoms with Gasteiger partial charge in [-0.2, -0.15) is 0 Å².